The molecule has 6 nitrogen and oxygen atoms in total. The Morgan fingerprint density at radius 2 is 1.83 bits per heavy atom. The lowest BCUT2D eigenvalue weighted by atomic mass is 10.1. The zero-order chi connectivity index (χ0) is 21.3. The van der Waals surface area contributed by atoms with Crippen molar-refractivity contribution < 1.29 is 22.7 Å². The van der Waals surface area contributed by atoms with Crippen LogP contribution in [0.1, 0.15) is 6.42 Å². The van der Waals surface area contributed by atoms with E-state index in [1.807, 2.05) is 42.5 Å². The average molecular weight is 538 g/mol. The molecule has 0 unspecified atom stereocenters. The molecule has 2 aromatic rings. The van der Waals surface area contributed by atoms with Crippen LogP contribution < -0.4 is 15.4 Å². The van der Waals surface area contributed by atoms with E-state index in [1.54, 1.807) is 0 Å². The first-order chi connectivity index (χ1) is 13.8. The Morgan fingerprint density at radius 1 is 1.13 bits per heavy atom. The Balaban J connectivity index is 0.00000450. The zero-order valence-corrected chi connectivity index (χ0v) is 19.2. The third-order valence-electron chi connectivity index (χ3n) is 4.08. The number of alkyl halides is 3. The third-order valence-corrected chi connectivity index (χ3v) is 4.08. The number of halogens is 4. The normalized spacial score (nSPS) is 11.6. The molecule has 0 heterocycles. The lowest BCUT2D eigenvalue weighted by Gasteiger charge is -2.20. The van der Waals surface area contributed by atoms with Crippen molar-refractivity contribution >= 4 is 46.6 Å². The summed E-state index contributed by atoms with van der Waals surface area (Å²) in [6.45, 7) is -0.555. The molecule has 2 rings (SSSR count). The summed E-state index contributed by atoms with van der Waals surface area (Å²) in [5.41, 5.74) is 0. The number of amides is 1. The molecule has 1 amide bonds. The van der Waals surface area contributed by atoms with Crippen molar-refractivity contribution in [3.8, 4) is 5.75 Å². The number of guanidine groups is 1. The van der Waals surface area contributed by atoms with E-state index in [-0.39, 0.29) is 30.5 Å². The molecule has 0 saturated heterocycles. The van der Waals surface area contributed by atoms with Crippen LogP contribution in [0.4, 0.5) is 13.2 Å². The minimum Gasteiger partial charge on any atom is -0.494 e. The van der Waals surface area contributed by atoms with Crippen molar-refractivity contribution in [3.05, 3.63) is 42.5 Å². The maximum atomic E-state index is 12.3. The molecule has 0 aliphatic heterocycles. The number of likely N-dealkylation sites (N-methyl/N-ethyl adjacent to an activating group) is 1. The molecule has 0 atom stereocenters. The molecule has 2 aromatic carbocycles. The van der Waals surface area contributed by atoms with Crippen molar-refractivity contribution in [2.45, 2.75) is 12.6 Å². The van der Waals surface area contributed by atoms with E-state index < -0.39 is 18.6 Å². The van der Waals surface area contributed by atoms with Gasteiger partial charge in [0.05, 0.1) is 13.2 Å². The van der Waals surface area contributed by atoms with Gasteiger partial charge in [0.1, 0.15) is 12.3 Å². The number of benzene rings is 2. The first-order valence-electron chi connectivity index (χ1n) is 9.15. The Kier molecular flexibility index (Phi) is 10.7. The first kappa shape index (κ1) is 25.8. The van der Waals surface area contributed by atoms with E-state index in [4.69, 9.17) is 4.74 Å². The number of rotatable bonds is 8. The molecule has 166 valence electrons. The van der Waals surface area contributed by atoms with Gasteiger partial charge in [0.15, 0.2) is 5.96 Å². The van der Waals surface area contributed by atoms with Crippen molar-refractivity contribution in [2.24, 2.45) is 4.99 Å². The monoisotopic (exact) mass is 538 g/mol. The first-order valence-corrected chi connectivity index (χ1v) is 9.15. The van der Waals surface area contributed by atoms with Crippen LogP contribution in [-0.4, -0.2) is 63.3 Å². The van der Waals surface area contributed by atoms with Crippen molar-refractivity contribution in [1.29, 1.82) is 0 Å². The topological polar surface area (TPSA) is 66.0 Å². The quantitative estimate of drug-likeness (QED) is 0.234. The predicted molar refractivity (Wildman–Crippen MR) is 123 cm³/mol. The average Bonchev–Trinajstić information content (AvgIpc) is 2.68. The van der Waals surface area contributed by atoms with Gasteiger partial charge in [-0.1, -0.05) is 30.3 Å². The molecule has 0 aliphatic carbocycles. The maximum absolute atomic E-state index is 12.3. The van der Waals surface area contributed by atoms with E-state index in [0.29, 0.717) is 30.4 Å². The summed E-state index contributed by atoms with van der Waals surface area (Å²) in [5.74, 6) is 0.443. The molecular weight excluding hydrogens is 512 g/mol. The molecule has 0 aromatic heterocycles. The number of hydrogen-bond donors (Lipinski definition) is 2. The van der Waals surface area contributed by atoms with Gasteiger partial charge in [-0.3, -0.25) is 9.79 Å². The van der Waals surface area contributed by atoms with Gasteiger partial charge >= 0.3 is 6.18 Å². The molecule has 0 spiro atoms. The number of carbonyl (C=O) groups is 1. The summed E-state index contributed by atoms with van der Waals surface area (Å²) in [7, 11) is 2.63. The highest BCUT2D eigenvalue weighted by Gasteiger charge is 2.31. The van der Waals surface area contributed by atoms with Crippen molar-refractivity contribution in [2.75, 3.05) is 40.3 Å². The molecule has 2 N–H and O–H groups in total. The van der Waals surface area contributed by atoms with Gasteiger partial charge in [0, 0.05) is 20.6 Å². The second-order valence-corrected chi connectivity index (χ2v) is 6.43. The van der Waals surface area contributed by atoms with Gasteiger partial charge < -0.3 is 20.3 Å². The summed E-state index contributed by atoms with van der Waals surface area (Å²) in [5, 5.41) is 7.95. The molecule has 30 heavy (non-hydrogen) atoms. The Bertz CT molecular complexity index is 846. The fourth-order valence-corrected chi connectivity index (χ4v) is 2.60. The number of ether oxygens (including phenoxy) is 1. The SMILES string of the molecule is CN=C(NCCCOc1ccc2ccccc2c1)NCC(=O)N(C)CC(F)(F)F.I. The van der Waals surface area contributed by atoms with Crippen LogP contribution in [0.2, 0.25) is 0 Å². The number of aliphatic imine (C=N–C) groups is 1. The van der Waals surface area contributed by atoms with Gasteiger partial charge in [0.2, 0.25) is 5.91 Å². The van der Waals surface area contributed by atoms with Crippen LogP contribution in [0.3, 0.4) is 0 Å². The second kappa shape index (κ2) is 12.5. The minimum absolute atomic E-state index is 0. The molecule has 0 aliphatic rings. The summed E-state index contributed by atoms with van der Waals surface area (Å²) >= 11 is 0. The maximum Gasteiger partial charge on any atom is 0.406 e. The van der Waals surface area contributed by atoms with E-state index in [2.05, 4.69) is 15.6 Å². The molecule has 10 heteroatoms. The zero-order valence-electron chi connectivity index (χ0n) is 16.8. The summed E-state index contributed by atoms with van der Waals surface area (Å²) in [4.78, 5) is 16.3. The van der Waals surface area contributed by atoms with E-state index in [1.165, 1.54) is 7.05 Å². The highest BCUT2D eigenvalue weighted by molar-refractivity contribution is 14.0. The lowest BCUT2D eigenvalue weighted by molar-refractivity contribution is -0.157. The number of hydrogen-bond acceptors (Lipinski definition) is 3. The second-order valence-electron chi connectivity index (χ2n) is 6.43. The molecule has 0 radical (unpaired) electrons. The summed E-state index contributed by atoms with van der Waals surface area (Å²) in [6.07, 6.45) is -3.75. The highest BCUT2D eigenvalue weighted by Crippen LogP contribution is 2.20. The van der Waals surface area contributed by atoms with E-state index >= 15 is 0 Å². The van der Waals surface area contributed by atoms with Crippen LogP contribution >= 0.6 is 24.0 Å². The van der Waals surface area contributed by atoms with Crippen LogP contribution in [0.25, 0.3) is 10.8 Å². The summed E-state index contributed by atoms with van der Waals surface area (Å²) < 4.78 is 42.7. The number of nitrogens with one attached hydrogen (secondary N) is 2. The van der Waals surface area contributed by atoms with Crippen LogP contribution in [0, 0.1) is 0 Å². The Hall–Kier alpha value is -2.24. The van der Waals surface area contributed by atoms with Gasteiger partial charge in [-0.2, -0.15) is 13.2 Å². The third kappa shape index (κ3) is 9.06. The lowest BCUT2D eigenvalue weighted by Crippen LogP contribution is -2.45. The number of fused-ring (bicyclic) bond motifs is 1. The largest absolute Gasteiger partial charge is 0.494 e. The van der Waals surface area contributed by atoms with Gasteiger partial charge in [-0.05, 0) is 29.3 Å². The Labute approximate surface area is 190 Å². The molecule has 0 fully saturated rings. The fraction of sp³-hybridized carbons (Fsp3) is 0.400. The molecular formula is C20H26F3IN4O2. The minimum atomic E-state index is -4.42. The van der Waals surface area contributed by atoms with Gasteiger partial charge in [-0.15, -0.1) is 24.0 Å². The van der Waals surface area contributed by atoms with Gasteiger partial charge in [0.25, 0.3) is 0 Å². The van der Waals surface area contributed by atoms with Crippen molar-refractivity contribution in [1.82, 2.24) is 15.5 Å². The fourth-order valence-electron chi connectivity index (χ4n) is 2.60. The standard InChI is InChI=1S/C20H25F3N4O2.HI/c1-24-19(26-13-18(28)27(2)14-20(21,22)23)25-10-5-11-29-17-9-8-15-6-3-4-7-16(15)12-17;/h3-4,6-9,12H,5,10-11,13-14H2,1-2H3,(H2,24,25,26);1H. The summed E-state index contributed by atoms with van der Waals surface area (Å²) in [6, 6.07) is 13.9. The Morgan fingerprint density at radius 3 is 2.50 bits per heavy atom. The van der Waals surface area contributed by atoms with Crippen LogP contribution in [-0.2, 0) is 4.79 Å². The van der Waals surface area contributed by atoms with Crippen LogP contribution in [0.5, 0.6) is 5.75 Å². The smallest absolute Gasteiger partial charge is 0.406 e. The number of carbonyl (C=O) groups excluding carboxylic acids is 1. The van der Waals surface area contributed by atoms with Crippen molar-refractivity contribution in [3.63, 3.8) is 0 Å². The van der Waals surface area contributed by atoms with E-state index in [9.17, 15) is 18.0 Å². The van der Waals surface area contributed by atoms with Gasteiger partial charge in [-0.25, -0.2) is 0 Å². The molecule has 0 saturated carbocycles. The van der Waals surface area contributed by atoms with Crippen LogP contribution in [0.15, 0.2) is 47.5 Å². The molecule has 0 bridgehead atoms. The highest BCUT2D eigenvalue weighted by atomic mass is 127. The number of nitrogens with zero attached hydrogens (tertiary/aromatic N) is 2. The predicted octanol–water partition coefficient (Wildman–Crippen LogP) is 3.41. The van der Waals surface area contributed by atoms with E-state index in [0.717, 1.165) is 23.6 Å².